The molecule has 2 aromatic carbocycles. The molecule has 0 radical (unpaired) electrons. The molecule has 1 heterocycles. The van der Waals surface area contributed by atoms with Crippen LogP contribution in [0.15, 0.2) is 48.5 Å². The molecule has 0 bridgehead atoms. The summed E-state index contributed by atoms with van der Waals surface area (Å²) in [6.07, 6.45) is 0.406. The topological polar surface area (TPSA) is 66.8 Å². The van der Waals surface area contributed by atoms with Crippen LogP contribution in [0.5, 0.6) is 5.75 Å². The van der Waals surface area contributed by atoms with Crippen LogP contribution in [0.4, 0.5) is 5.69 Å². The van der Waals surface area contributed by atoms with Crippen LogP contribution in [0.2, 0.25) is 0 Å². The van der Waals surface area contributed by atoms with Gasteiger partial charge in [-0.25, -0.2) is 0 Å². The van der Waals surface area contributed by atoms with Crippen molar-refractivity contribution in [1.29, 1.82) is 0 Å². The molecule has 0 fully saturated rings. The number of amides is 1. The highest BCUT2D eigenvalue weighted by molar-refractivity contribution is 6.08. The normalized spacial score (nSPS) is 18.7. The van der Waals surface area contributed by atoms with Crippen LogP contribution in [-0.2, 0) is 15.2 Å². The summed E-state index contributed by atoms with van der Waals surface area (Å²) >= 11 is 0. The maximum absolute atomic E-state index is 12.8. The van der Waals surface area contributed by atoms with Gasteiger partial charge in [0.25, 0.3) is 5.91 Å². The average molecular weight is 353 g/mol. The molecule has 5 heteroatoms. The van der Waals surface area contributed by atoms with Gasteiger partial charge >= 0.3 is 0 Å². The van der Waals surface area contributed by atoms with E-state index >= 15 is 0 Å². The zero-order valence-corrected chi connectivity index (χ0v) is 15.1. The van der Waals surface area contributed by atoms with Crippen LogP contribution in [0.3, 0.4) is 0 Å². The summed E-state index contributed by atoms with van der Waals surface area (Å²) in [5.74, 6) is 0.166. The molecule has 1 unspecified atom stereocenters. The minimum absolute atomic E-state index is 0.209. The Morgan fingerprint density at radius 2 is 1.85 bits per heavy atom. The lowest BCUT2D eigenvalue weighted by Crippen LogP contribution is -2.42. The number of carbonyl (C=O) groups is 2. The molecule has 0 aromatic heterocycles. The Kier molecular flexibility index (Phi) is 5.09. The molecule has 5 nitrogen and oxygen atoms in total. The molecule has 0 aliphatic carbocycles. The highest BCUT2D eigenvalue weighted by Gasteiger charge is 2.49. The van der Waals surface area contributed by atoms with Crippen LogP contribution in [0.1, 0.15) is 30.9 Å². The van der Waals surface area contributed by atoms with Gasteiger partial charge in [-0.3, -0.25) is 9.59 Å². The van der Waals surface area contributed by atoms with Crippen LogP contribution in [-0.4, -0.2) is 29.9 Å². The second-order valence-electron chi connectivity index (χ2n) is 6.68. The lowest BCUT2D eigenvalue weighted by Gasteiger charge is -2.22. The first-order chi connectivity index (χ1) is 12.4. The number of hydrogen-bond donors (Lipinski definition) is 1. The monoisotopic (exact) mass is 353 g/mol. The van der Waals surface area contributed by atoms with Gasteiger partial charge in [-0.05, 0) is 38.0 Å². The summed E-state index contributed by atoms with van der Waals surface area (Å²) in [6.45, 7) is 4.24. The quantitative estimate of drug-likeness (QED) is 0.777. The number of Topliss-reactive ketones (excluding diaryl/α,β-unsaturated/α-hetero) is 1. The van der Waals surface area contributed by atoms with E-state index in [0.29, 0.717) is 30.8 Å². The third kappa shape index (κ3) is 3.35. The maximum Gasteiger partial charge on any atom is 0.264 e. The van der Waals surface area contributed by atoms with Crippen LogP contribution >= 0.6 is 0 Å². The molecule has 3 rings (SSSR count). The van der Waals surface area contributed by atoms with E-state index in [0.717, 1.165) is 11.3 Å². The number of carbonyl (C=O) groups excluding carboxylic acids is 2. The highest BCUT2D eigenvalue weighted by Crippen LogP contribution is 2.42. The standard InChI is InChI=1S/C21H23NO4/c1-15-8-3-6-11-19(15)26-13-7-12-22-18-10-5-4-9-17(18)21(25,20(22)24)14-16(2)23/h3-6,8-11,25H,7,12-14H2,1-2H3. The third-order valence-corrected chi connectivity index (χ3v) is 4.62. The van der Waals surface area contributed by atoms with Gasteiger partial charge in [0.1, 0.15) is 11.5 Å². The fourth-order valence-electron chi connectivity index (χ4n) is 3.38. The Morgan fingerprint density at radius 3 is 2.58 bits per heavy atom. The highest BCUT2D eigenvalue weighted by atomic mass is 16.5. The van der Waals surface area contributed by atoms with E-state index in [2.05, 4.69) is 0 Å². The molecule has 26 heavy (non-hydrogen) atoms. The first-order valence-corrected chi connectivity index (χ1v) is 8.75. The molecule has 1 aliphatic heterocycles. The summed E-state index contributed by atoms with van der Waals surface area (Å²) in [5, 5.41) is 10.9. The number of ether oxygens (including phenoxy) is 1. The van der Waals surface area contributed by atoms with Gasteiger partial charge in [0, 0.05) is 18.5 Å². The van der Waals surface area contributed by atoms with E-state index in [1.807, 2.05) is 37.3 Å². The molecule has 0 saturated carbocycles. The van der Waals surface area contributed by atoms with Gasteiger partial charge < -0.3 is 14.7 Å². The predicted molar refractivity (Wildman–Crippen MR) is 99.3 cm³/mol. The number of anilines is 1. The number of fused-ring (bicyclic) bond motifs is 1. The van der Waals surface area contributed by atoms with Crippen molar-refractivity contribution in [3.8, 4) is 5.75 Å². The summed E-state index contributed by atoms with van der Waals surface area (Å²) in [7, 11) is 0. The Labute approximate surface area is 153 Å². The molecule has 0 spiro atoms. The Hall–Kier alpha value is -2.66. The van der Waals surface area contributed by atoms with Gasteiger partial charge in [-0.1, -0.05) is 36.4 Å². The van der Waals surface area contributed by atoms with Crippen molar-refractivity contribution in [1.82, 2.24) is 0 Å². The fraction of sp³-hybridized carbons (Fsp3) is 0.333. The fourth-order valence-corrected chi connectivity index (χ4v) is 3.38. The lowest BCUT2D eigenvalue weighted by molar-refractivity contribution is -0.141. The Morgan fingerprint density at radius 1 is 1.15 bits per heavy atom. The molecule has 0 saturated heterocycles. The van der Waals surface area contributed by atoms with Crippen molar-refractivity contribution in [2.75, 3.05) is 18.1 Å². The molecule has 136 valence electrons. The summed E-state index contributed by atoms with van der Waals surface area (Å²) in [5.41, 5.74) is 0.461. The minimum Gasteiger partial charge on any atom is -0.493 e. The van der Waals surface area contributed by atoms with E-state index in [1.54, 1.807) is 23.1 Å². The molecule has 1 atom stereocenters. The Balaban J connectivity index is 1.69. The number of hydrogen-bond acceptors (Lipinski definition) is 4. The van der Waals surface area contributed by atoms with Crippen LogP contribution in [0.25, 0.3) is 0 Å². The molecule has 1 aliphatic rings. The first kappa shape index (κ1) is 18.1. The number of nitrogens with zero attached hydrogens (tertiary/aromatic N) is 1. The molecular formula is C21H23NO4. The van der Waals surface area contributed by atoms with Crippen LogP contribution in [0, 0.1) is 6.92 Å². The van der Waals surface area contributed by atoms with E-state index in [4.69, 9.17) is 4.74 Å². The van der Waals surface area contributed by atoms with Crippen molar-refractivity contribution in [3.63, 3.8) is 0 Å². The second-order valence-corrected chi connectivity index (χ2v) is 6.68. The number of aliphatic hydroxyl groups is 1. The molecule has 1 N–H and O–H groups in total. The number of ketones is 1. The zero-order chi connectivity index (χ0) is 18.7. The lowest BCUT2D eigenvalue weighted by atomic mass is 9.90. The number of para-hydroxylation sites is 2. The average Bonchev–Trinajstić information content (AvgIpc) is 2.81. The van der Waals surface area contributed by atoms with Crippen molar-refractivity contribution >= 4 is 17.4 Å². The van der Waals surface area contributed by atoms with E-state index in [-0.39, 0.29) is 12.2 Å². The van der Waals surface area contributed by atoms with Gasteiger partial charge in [-0.15, -0.1) is 0 Å². The van der Waals surface area contributed by atoms with Crippen LogP contribution < -0.4 is 9.64 Å². The van der Waals surface area contributed by atoms with Crippen molar-refractivity contribution < 1.29 is 19.4 Å². The van der Waals surface area contributed by atoms with Gasteiger partial charge in [0.15, 0.2) is 5.60 Å². The maximum atomic E-state index is 12.8. The first-order valence-electron chi connectivity index (χ1n) is 8.75. The Bertz CT molecular complexity index is 832. The van der Waals surface area contributed by atoms with Crippen molar-refractivity contribution in [3.05, 3.63) is 59.7 Å². The minimum atomic E-state index is -1.76. The molecular weight excluding hydrogens is 330 g/mol. The smallest absolute Gasteiger partial charge is 0.264 e. The summed E-state index contributed by atoms with van der Waals surface area (Å²) < 4.78 is 5.78. The van der Waals surface area contributed by atoms with E-state index in [9.17, 15) is 14.7 Å². The van der Waals surface area contributed by atoms with Crippen molar-refractivity contribution in [2.24, 2.45) is 0 Å². The van der Waals surface area contributed by atoms with Gasteiger partial charge in [0.05, 0.1) is 12.3 Å². The molecule has 1 amide bonds. The molecule has 2 aromatic rings. The van der Waals surface area contributed by atoms with E-state index < -0.39 is 11.5 Å². The van der Waals surface area contributed by atoms with Crippen molar-refractivity contribution in [2.45, 2.75) is 32.3 Å². The van der Waals surface area contributed by atoms with Gasteiger partial charge in [0.2, 0.25) is 0 Å². The summed E-state index contributed by atoms with van der Waals surface area (Å²) in [6, 6.07) is 14.9. The van der Waals surface area contributed by atoms with E-state index in [1.165, 1.54) is 6.92 Å². The second kappa shape index (κ2) is 7.30. The number of aryl methyl sites for hydroxylation is 1. The largest absolute Gasteiger partial charge is 0.493 e. The number of benzene rings is 2. The zero-order valence-electron chi connectivity index (χ0n) is 15.1. The van der Waals surface area contributed by atoms with Gasteiger partial charge in [-0.2, -0.15) is 0 Å². The third-order valence-electron chi connectivity index (χ3n) is 4.62. The SMILES string of the molecule is CC(=O)CC1(O)C(=O)N(CCCOc2ccccc2C)c2ccccc21. The predicted octanol–water partition coefficient (Wildman–Crippen LogP) is 2.98. The number of rotatable bonds is 7. The summed E-state index contributed by atoms with van der Waals surface area (Å²) in [4.78, 5) is 25.9.